The number of rotatable bonds is 18. The molecule has 222 valence electrons. The number of hydrogen-bond donors (Lipinski definition) is 8. The van der Waals surface area contributed by atoms with Crippen molar-refractivity contribution in [2.24, 2.45) is 28.1 Å². The molecule has 3 amide bonds. The largest absolute Gasteiger partial charge is 0.481 e. The highest BCUT2D eigenvalue weighted by Crippen LogP contribution is 2.11. The second kappa shape index (κ2) is 17.4. The van der Waals surface area contributed by atoms with Gasteiger partial charge in [-0.1, -0.05) is 50.6 Å². The minimum Gasteiger partial charge on any atom is -0.481 e. The molecule has 0 bridgehead atoms. The van der Waals surface area contributed by atoms with Crippen molar-refractivity contribution in [1.82, 2.24) is 16.0 Å². The van der Waals surface area contributed by atoms with E-state index in [2.05, 4.69) is 20.9 Å². The molecule has 1 rings (SSSR count). The van der Waals surface area contributed by atoms with Crippen LogP contribution in [0.1, 0.15) is 51.5 Å². The van der Waals surface area contributed by atoms with Gasteiger partial charge in [0.1, 0.15) is 18.1 Å². The van der Waals surface area contributed by atoms with E-state index in [-0.39, 0.29) is 31.1 Å². The van der Waals surface area contributed by atoms with Crippen LogP contribution in [0.25, 0.3) is 0 Å². The smallest absolute Gasteiger partial charge is 0.326 e. The summed E-state index contributed by atoms with van der Waals surface area (Å²) in [5.74, 6) is -5.04. The first kappa shape index (κ1) is 33.8. The van der Waals surface area contributed by atoms with Gasteiger partial charge in [-0.05, 0) is 30.7 Å². The molecule has 0 spiro atoms. The summed E-state index contributed by atoms with van der Waals surface area (Å²) in [4.78, 5) is 65.7. The fourth-order valence-electron chi connectivity index (χ4n) is 3.73. The quantitative estimate of drug-likeness (QED) is 0.0618. The molecule has 0 saturated heterocycles. The number of aliphatic carboxylic acids is 2. The number of aliphatic imine (C=N–C) groups is 1. The molecule has 5 atom stereocenters. The van der Waals surface area contributed by atoms with E-state index >= 15 is 0 Å². The van der Waals surface area contributed by atoms with E-state index in [1.54, 1.807) is 37.3 Å². The van der Waals surface area contributed by atoms with Gasteiger partial charge >= 0.3 is 11.9 Å². The van der Waals surface area contributed by atoms with Gasteiger partial charge in [-0.2, -0.15) is 0 Å². The summed E-state index contributed by atoms with van der Waals surface area (Å²) in [6.45, 7) is 3.88. The zero-order valence-corrected chi connectivity index (χ0v) is 22.8. The van der Waals surface area contributed by atoms with Crippen molar-refractivity contribution < 1.29 is 34.2 Å². The molecule has 14 heteroatoms. The molecule has 14 nitrogen and oxygen atoms in total. The highest BCUT2D eigenvalue weighted by Gasteiger charge is 2.32. The highest BCUT2D eigenvalue weighted by molar-refractivity contribution is 5.94. The average molecular weight is 564 g/mol. The number of nitrogens with two attached hydrogens (primary N) is 3. The van der Waals surface area contributed by atoms with Crippen molar-refractivity contribution >= 4 is 35.6 Å². The second-order valence-electron chi connectivity index (χ2n) is 9.51. The first-order chi connectivity index (χ1) is 18.8. The maximum absolute atomic E-state index is 13.4. The molecule has 0 radical (unpaired) electrons. The van der Waals surface area contributed by atoms with E-state index in [1.807, 2.05) is 6.92 Å². The average Bonchev–Trinajstić information content (AvgIpc) is 2.90. The molecule has 5 unspecified atom stereocenters. The number of carboxylic acid groups (broad SMARTS) is 2. The van der Waals surface area contributed by atoms with E-state index in [0.29, 0.717) is 24.9 Å². The lowest BCUT2D eigenvalue weighted by Gasteiger charge is -2.28. The zero-order valence-electron chi connectivity index (χ0n) is 22.8. The van der Waals surface area contributed by atoms with Crippen LogP contribution >= 0.6 is 0 Å². The van der Waals surface area contributed by atoms with Crippen molar-refractivity contribution in [3.05, 3.63) is 35.9 Å². The molecule has 0 aliphatic carbocycles. The van der Waals surface area contributed by atoms with Crippen LogP contribution in [0.2, 0.25) is 0 Å². The third-order valence-electron chi connectivity index (χ3n) is 6.27. The van der Waals surface area contributed by atoms with Crippen LogP contribution in [-0.4, -0.2) is 76.5 Å². The predicted octanol–water partition coefficient (Wildman–Crippen LogP) is -0.940. The Morgan fingerprint density at radius 3 is 2.08 bits per heavy atom. The topological polar surface area (TPSA) is 252 Å². The summed E-state index contributed by atoms with van der Waals surface area (Å²) in [7, 11) is 0. The summed E-state index contributed by atoms with van der Waals surface area (Å²) in [6, 6.07) is 4.10. The zero-order chi connectivity index (χ0) is 30.2. The molecule has 0 fully saturated rings. The van der Waals surface area contributed by atoms with Crippen molar-refractivity contribution in [2.45, 2.75) is 76.5 Å². The van der Waals surface area contributed by atoms with Crippen molar-refractivity contribution in [1.29, 1.82) is 0 Å². The Hall–Kier alpha value is -4.20. The van der Waals surface area contributed by atoms with E-state index in [9.17, 15) is 29.1 Å². The molecule has 1 aromatic carbocycles. The second-order valence-corrected chi connectivity index (χ2v) is 9.51. The molecule has 0 heterocycles. The lowest BCUT2D eigenvalue weighted by Crippen LogP contribution is -2.59. The summed E-state index contributed by atoms with van der Waals surface area (Å²) in [6.07, 6.45) is 0.442. The Bertz CT molecular complexity index is 1030. The first-order valence-corrected chi connectivity index (χ1v) is 13.1. The Labute approximate surface area is 233 Å². The summed E-state index contributed by atoms with van der Waals surface area (Å²) in [5.41, 5.74) is 17.3. The number of guanidine groups is 1. The Balaban J connectivity index is 3.07. The fourth-order valence-corrected chi connectivity index (χ4v) is 3.73. The first-order valence-electron chi connectivity index (χ1n) is 13.1. The van der Waals surface area contributed by atoms with Gasteiger partial charge < -0.3 is 43.4 Å². The number of nitrogens with zero attached hydrogens (tertiary/aromatic N) is 1. The Kier molecular flexibility index (Phi) is 14.7. The number of carbonyl (C=O) groups excluding carboxylic acids is 3. The SMILES string of the molecule is CCC(C)C(NC(=O)C(N)CCCN=C(N)N)C(=O)NC(Cc1ccccc1)C(=O)NC(CCC(=O)O)C(=O)O. The molecule has 11 N–H and O–H groups in total. The van der Waals surface area contributed by atoms with Crippen LogP contribution < -0.4 is 33.2 Å². The summed E-state index contributed by atoms with van der Waals surface area (Å²) >= 11 is 0. The van der Waals surface area contributed by atoms with E-state index in [1.165, 1.54) is 0 Å². The normalized spacial score (nSPS) is 14.5. The van der Waals surface area contributed by atoms with Gasteiger partial charge in [-0.15, -0.1) is 0 Å². The fraction of sp³-hybridized carbons (Fsp3) is 0.538. The van der Waals surface area contributed by atoms with Crippen molar-refractivity contribution in [3.8, 4) is 0 Å². The van der Waals surface area contributed by atoms with Crippen molar-refractivity contribution in [2.75, 3.05) is 6.54 Å². The van der Waals surface area contributed by atoms with Gasteiger partial charge in [0.2, 0.25) is 17.7 Å². The van der Waals surface area contributed by atoms with Gasteiger partial charge in [0.05, 0.1) is 6.04 Å². The van der Waals surface area contributed by atoms with E-state index < -0.39 is 60.2 Å². The van der Waals surface area contributed by atoms with Gasteiger partial charge in [0, 0.05) is 19.4 Å². The third kappa shape index (κ3) is 12.6. The maximum atomic E-state index is 13.4. The molecular formula is C26H41N7O7. The summed E-state index contributed by atoms with van der Waals surface area (Å²) < 4.78 is 0. The van der Waals surface area contributed by atoms with Gasteiger partial charge in [0.25, 0.3) is 0 Å². The lowest BCUT2D eigenvalue weighted by atomic mass is 9.96. The van der Waals surface area contributed by atoms with Gasteiger partial charge in [-0.3, -0.25) is 24.2 Å². The number of nitrogens with one attached hydrogen (secondary N) is 3. The highest BCUT2D eigenvalue weighted by atomic mass is 16.4. The standard InChI is InChI=1S/C26H41N7O7/c1-3-15(2)21(33-22(36)17(27)10-7-13-30-26(28)29)24(38)32-19(14-16-8-5-4-6-9-16)23(37)31-18(25(39)40)11-12-20(34)35/h4-6,8-9,15,17-19,21H,3,7,10-14,27H2,1-2H3,(H,31,37)(H,32,38)(H,33,36)(H,34,35)(H,39,40)(H4,28,29,30). The van der Waals surface area contributed by atoms with Crippen molar-refractivity contribution in [3.63, 3.8) is 0 Å². The van der Waals surface area contributed by atoms with E-state index in [0.717, 1.165) is 0 Å². The predicted molar refractivity (Wildman–Crippen MR) is 148 cm³/mol. The van der Waals surface area contributed by atoms with Crippen LogP contribution in [0, 0.1) is 5.92 Å². The number of benzene rings is 1. The van der Waals surface area contributed by atoms with Gasteiger partial charge in [0.15, 0.2) is 5.96 Å². The molecule has 40 heavy (non-hydrogen) atoms. The molecule has 0 aliphatic rings. The molecule has 0 saturated carbocycles. The number of hydrogen-bond acceptors (Lipinski definition) is 7. The monoisotopic (exact) mass is 563 g/mol. The lowest BCUT2D eigenvalue weighted by molar-refractivity contribution is -0.143. The van der Waals surface area contributed by atoms with E-state index in [4.69, 9.17) is 22.3 Å². The van der Waals surface area contributed by atoms with Crippen LogP contribution in [0.4, 0.5) is 0 Å². The third-order valence-corrected chi connectivity index (χ3v) is 6.27. The van der Waals surface area contributed by atoms with Crippen LogP contribution in [0.3, 0.4) is 0 Å². The maximum Gasteiger partial charge on any atom is 0.326 e. The summed E-state index contributed by atoms with van der Waals surface area (Å²) in [5, 5.41) is 26.0. The Morgan fingerprint density at radius 2 is 1.52 bits per heavy atom. The van der Waals surface area contributed by atoms with Crippen LogP contribution in [0.5, 0.6) is 0 Å². The molecular weight excluding hydrogens is 522 g/mol. The molecule has 0 aromatic heterocycles. The minimum atomic E-state index is -1.47. The molecule has 0 aliphatic heterocycles. The molecule has 1 aromatic rings. The Morgan fingerprint density at radius 1 is 0.900 bits per heavy atom. The van der Waals surface area contributed by atoms with Crippen LogP contribution in [-0.2, 0) is 30.4 Å². The van der Waals surface area contributed by atoms with Crippen LogP contribution in [0.15, 0.2) is 35.3 Å². The number of amides is 3. The van der Waals surface area contributed by atoms with Gasteiger partial charge in [-0.25, -0.2) is 4.79 Å². The number of carbonyl (C=O) groups is 5. The number of carboxylic acids is 2. The minimum absolute atomic E-state index is 0.0230.